The van der Waals surface area contributed by atoms with Gasteiger partial charge in [-0.15, -0.1) is 0 Å². The molecule has 0 radical (unpaired) electrons. The molecule has 152 valence electrons. The van der Waals surface area contributed by atoms with Gasteiger partial charge in [-0.25, -0.2) is 4.98 Å². The number of pyridine rings is 1. The van der Waals surface area contributed by atoms with Gasteiger partial charge in [-0.2, -0.15) is 0 Å². The number of aryl methyl sites for hydroxylation is 1. The Morgan fingerprint density at radius 1 is 1.07 bits per heavy atom. The molecule has 1 aromatic carbocycles. The summed E-state index contributed by atoms with van der Waals surface area (Å²) in [6.07, 6.45) is 4.29. The number of nitrogens with zero attached hydrogens (tertiary/aromatic N) is 5. The number of aromatic nitrogens is 3. The van der Waals surface area contributed by atoms with Crippen LogP contribution in [0.1, 0.15) is 22.3 Å². The number of carbonyl (C=O) groups excluding carboxylic acids is 1. The topological polar surface area (TPSA) is 71.3 Å². The molecule has 4 heterocycles. The molecule has 0 aliphatic carbocycles. The average molecular weight is 401 g/mol. The lowest BCUT2D eigenvalue weighted by atomic mass is 10.1. The monoisotopic (exact) mass is 401 g/mol. The van der Waals surface area contributed by atoms with E-state index < -0.39 is 0 Å². The summed E-state index contributed by atoms with van der Waals surface area (Å²) in [5.74, 6) is 0.739. The lowest BCUT2D eigenvalue weighted by Gasteiger charge is -2.35. The van der Waals surface area contributed by atoms with Crippen molar-refractivity contribution in [3.63, 3.8) is 0 Å². The van der Waals surface area contributed by atoms with Crippen LogP contribution in [0.15, 0.2) is 59.7 Å². The largest absolute Gasteiger partial charge is 0.335 e. The molecule has 5 rings (SSSR count). The normalized spacial score (nSPS) is 20.1. The van der Waals surface area contributed by atoms with Crippen molar-refractivity contribution < 1.29 is 4.79 Å². The summed E-state index contributed by atoms with van der Waals surface area (Å²) in [5, 5.41) is 0. The van der Waals surface area contributed by atoms with Crippen molar-refractivity contribution >= 4 is 11.9 Å². The van der Waals surface area contributed by atoms with E-state index in [4.69, 9.17) is 4.98 Å². The van der Waals surface area contributed by atoms with Crippen molar-refractivity contribution in [3.8, 4) is 11.3 Å². The molecule has 2 aromatic heterocycles. The van der Waals surface area contributed by atoms with Gasteiger partial charge in [-0.05, 0) is 37.6 Å². The SMILES string of the molecule is Cc1cccc(C(=O)N2C[C@@H]3CC2CN3c2nc(-c3ccncc3)cc(=O)n2C)c1. The van der Waals surface area contributed by atoms with Gasteiger partial charge in [-0.3, -0.25) is 19.1 Å². The second-order valence-corrected chi connectivity index (χ2v) is 8.10. The first-order valence-electron chi connectivity index (χ1n) is 10.1. The Morgan fingerprint density at radius 3 is 2.57 bits per heavy atom. The van der Waals surface area contributed by atoms with Gasteiger partial charge >= 0.3 is 0 Å². The van der Waals surface area contributed by atoms with Crippen LogP contribution in [0.25, 0.3) is 11.3 Å². The standard InChI is InChI=1S/C23H23N5O2/c1-15-4-3-5-17(10-15)22(30)27-13-19-11-18(27)14-28(19)23-25-20(12-21(29)26(23)2)16-6-8-24-9-7-16/h3-10,12,18-19H,11,13-14H2,1-2H3/t18?,19-/m0/s1. The Hall–Kier alpha value is -3.48. The third-order valence-corrected chi connectivity index (χ3v) is 6.11. The van der Waals surface area contributed by atoms with Gasteiger partial charge in [0.1, 0.15) is 0 Å². The summed E-state index contributed by atoms with van der Waals surface area (Å²) in [6.45, 7) is 3.33. The van der Waals surface area contributed by atoms with E-state index in [-0.39, 0.29) is 23.6 Å². The fourth-order valence-electron chi connectivity index (χ4n) is 4.56. The van der Waals surface area contributed by atoms with E-state index in [1.165, 1.54) is 0 Å². The van der Waals surface area contributed by atoms with Crippen LogP contribution >= 0.6 is 0 Å². The number of amides is 1. The van der Waals surface area contributed by atoms with Crippen LogP contribution in [-0.4, -0.2) is 50.5 Å². The van der Waals surface area contributed by atoms with E-state index in [0.29, 0.717) is 24.7 Å². The number of anilines is 1. The number of hydrogen-bond acceptors (Lipinski definition) is 5. The van der Waals surface area contributed by atoms with E-state index in [1.807, 2.05) is 48.2 Å². The van der Waals surface area contributed by atoms with Crippen molar-refractivity contribution in [1.82, 2.24) is 19.4 Å². The fraction of sp³-hybridized carbons (Fsp3) is 0.304. The maximum absolute atomic E-state index is 13.0. The molecule has 2 aliphatic heterocycles. The van der Waals surface area contributed by atoms with E-state index in [9.17, 15) is 9.59 Å². The predicted molar refractivity (Wildman–Crippen MR) is 114 cm³/mol. The number of fused-ring (bicyclic) bond motifs is 2. The molecule has 0 saturated carbocycles. The van der Waals surface area contributed by atoms with Crippen LogP contribution in [0, 0.1) is 6.92 Å². The van der Waals surface area contributed by atoms with Crippen molar-refractivity contribution in [1.29, 1.82) is 0 Å². The molecule has 1 amide bonds. The zero-order valence-corrected chi connectivity index (χ0v) is 17.0. The highest BCUT2D eigenvalue weighted by Crippen LogP contribution is 2.34. The average Bonchev–Trinajstić information content (AvgIpc) is 3.36. The van der Waals surface area contributed by atoms with E-state index in [2.05, 4.69) is 9.88 Å². The van der Waals surface area contributed by atoms with Crippen molar-refractivity contribution in [3.05, 3.63) is 76.3 Å². The van der Waals surface area contributed by atoms with Gasteiger partial charge < -0.3 is 9.80 Å². The van der Waals surface area contributed by atoms with Crippen LogP contribution in [0.4, 0.5) is 5.95 Å². The number of piperazine rings is 1. The Balaban J connectivity index is 1.42. The summed E-state index contributed by atoms with van der Waals surface area (Å²) in [5.41, 5.74) is 3.23. The first-order chi connectivity index (χ1) is 14.5. The zero-order valence-electron chi connectivity index (χ0n) is 17.0. The van der Waals surface area contributed by atoms with Crippen molar-refractivity contribution in [2.45, 2.75) is 25.4 Å². The molecule has 2 atom stereocenters. The van der Waals surface area contributed by atoms with E-state index in [1.54, 1.807) is 30.1 Å². The molecular formula is C23H23N5O2. The lowest BCUT2D eigenvalue weighted by Crippen LogP contribution is -2.50. The van der Waals surface area contributed by atoms with Gasteiger partial charge in [0.25, 0.3) is 11.5 Å². The van der Waals surface area contributed by atoms with Crippen LogP contribution in [-0.2, 0) is 7.05 Å². The molecule has 7 heteroatoms. The van der Waals surface area contributed by atoms with E-state index in [0.717, 1.165) is 23.1 Å². The van der Waals surface area contributed by atoms with Gasteiger partial charge in [0.2, 0.25) is 5.95 Å². The minimum atomic E-state index is -0.0951. The lowest BCUT2D eigenvalue weighted by molar-refractivity contribution is 0.0725. The molecule has 0 spiro atoms. The first-order valence-corrected chi connectivity index (χ1v) is 10.1. The van der Waals surface area contributed by atoms with E-state index >= 15 is 0 Å². The first kappa shape index (κ1) is 18.5. The van der Waals surface area contributed by atoms with Gasteiger partial charge in [0, 0.05) is 49.7 Å². The highest BCUT2D eigenvalue weighted by atomic mass is 16.2. The quantitative estimate of drug-likeness (QED) is 0.673. The Kier molecular flexibility index (Phi) is 4.38. The second kappa shape index (κ2) is 7.09. The summed E-state index contributed by atoms with van der Waals surface area (Å²) >= 11 is 0. The van der Waals surface area contributed by atoms with Crippen LogP contribution in [0.3, 0.4) is 0 Å². The summed E-state index contributed by atoms with van der Waals surface area (Å²) < 4.78 is 1.60. The van der Waals surface area contributed by atoms with Crippen molar-refractivity contribution in [2.24, 2.45) is 7.05 Å². The maximum atomic E-state index is 13.0. The molecule has 2 saturated heterocycles. The molecule has 30 heavy (non-hydrogen) atoms. The van der Waals surface area contributed by atoms with Crippen LogP contribution < -0.4 is 10.5 Å². The van der Waals surface area contributed by atoms with Crippen LogP contribution in [0.5, 0.6) is 0 Å². The zero-order chi connectivity index (χ0) is 20.8. The Bertz CT molecular complexity index is 1170. The van der Waals surface area contributed by atoms with Gasteiger partial charge in [0.05, 0.1) is 17.8 Å². The number of hydrogen-bond donors (Lipinski definition) is 0. The molecule has 3 aromatic rings. The number of rotatable bonds is 3. The third-order valence-electron chi connectivity index (χ3n) is 6.11. The number of benzene rings is 1. The smallest absolute Gasteiger partial charge is 0.255 e. The van der Waals surface area contributed by atoms with Gasteiger partial charge in [0.15, 0.2) is 0 Å². The number of likely N-dealkylation sites (tertiary alicyclic amines) is 1. The Labute approximate surface area is 174 Å². The fourth-order valence-corrected chi connectivity index (χ4v) is 4.56. The second-order valence-electron chi connectivity index (χ2n) is 8.10. The molecular weight excluding hydrogens is 378 g/mol. The minimum Gasteiger partial charge on any atom is -0.335 e. The van der Waals surface area contributed by atoms with Gasteiger partial charge in [-0.1, -0.05) is 17.7 Å². The molecule has 2 aliphatic rings. The minimum absolute atomic E-state index is 0.0817. The third kappa shape index (κ3) is 3.07. The molecule has 7 nitrogen and oxygen atoms in total. The highest BCUT2D eigenvalue weighted by Gasteiger charge is 2.46. The number of carbonyl (C=O) groups is 1. The van der Waals surface area contributed by atoms with Crippen molar-refractivity contribution in [2.75, 3.05) is 18.0 Å². The highest BCUT2D eigenvalue weighted by molar-refractivity contribution is 5.95. The molecule has 2 fully saturated rings. The summed E-state index contributed by atoms with van der Waals surface area (Å²) in [6, 6.07) is 13.3. The molecule has 2 bridgehead atoms. The molecule has 0 N–H and O–H groups in total. The summed E-state index contributed by atoms with van der Waals surface area (Å²) in [7, 11) is 1.75. The Morgan fingerprint density at radius 2 is 1.87 bits per heavy atom. The summed E-state index contributed by atoms with van der Waals surface area (Å²) in [4.78, 5) is 38.6. The predicted octanol–water partition coefficient (Wildman–Crippen LogP) is 2.25. The maximum Gasteiger partial charge on any atom is 0.255 e. The van der Waals surface area contributed by atoms with Crippen LogP contribution in [0.2, 0.25) is 0 Å². The molecule has 1 unspecified atom stereocenters.